The molecule has 0 radical (unpaired) electrons. The first-order chi connectivity index (χ1) is 25.0. The Morgan fingerprint density at radius 1 is 1.15 bits per heavy atom. The van der Waals surface area contributed by atoms with Crippen LogP contribution in [0.4, 0.5) is 0 Å². The molecule has 5 aliphatic rings. The number of nitriles is 1. The van der Waals surface area contributed by atoms with E-state index in [1.54, 1.807) is 0 Å². The predicted octanol–water partition coefficient (Wildman–Crippen LogP) is 5.75. The molecule has 4 fully saturated rings. The smallest absolute Gasteiger partial charge is 0.390 e. The average molecular weight is 762 g/mol. The first kappa shape index (κ1) is 40.5. The molecule has 3 saturated carbocycles. The van der Waals surface area contributed by atoms with Gasteiger partial charge in [0.2, 0.25) is 0 Å². The number of phosphoric acid groups is 1. The first-order valence-corrected chi connectivity index (χ1v) is 21.1. The minimum absolute atomic E-state index is 0.0276. The number of hydrogen-bond acceptors (Lipinski definition) is 11. The maximum atomic E-state index is 14.1. The molecule has 0 bridgehead atoms. The summed E-state index contributed by atoms with van der Waals surface area (Å²) in [7, 11) is -4.24. The van der Waals surface area contributed by atoms with E-state index in [2.05, 4.69) is 25.8 Å². The zero-order chi connectivity index (χ0) is 38.3. The summed E-state index contributed by atoms with van der Waals surface area (Å²) < 4.78 is 38.6. The lowest BCUT2D eigenvalue weighted by atomic mass is 9.46. The summed E-state index contributed by atoms with van der Waals surface area (Å²) >= 11 is 0. The molecule has 6 rings (SSSR count). The van der Waals surface area contributed by atoms with Crippen LogP contribution in [0.1, 0.15) is 118 Å². The molecule has 13 atom stereocenters. The predicted molar refractivity (Wildman–Crippen MR) is 196 cm³/mol. The van der Waals surface area contributed by atoms with Gasteiger partial charge >= 0.3 is 13.5 Å². The normalized spacial score (nSPS) is 38.5. The van der Waals surface area contributed by atoms with Crippen LogP contribution in [0.5, 0.6) is 0 Å². The summed E-state index contributed by atoms with van der Waals surface area (Å²) in [4.78, 5) is 25.9. The molecule has 296 valence electrons. The van der Waals surface area contributed by atoms with Gasteiger partial charge < -0.3 is 20.1 Å². The highest BCUT2D eigenvalue weighted by Gasteiger charge is 2.61. The Labute approximate surface area is 312 Å². The van der Waals surface area contributed by atoms with Gasteiger partial charge in [-0.1, -0.05) is 45.3 Å². The molecule has 4 N–H and O–H groups in total. The molecule has 1 aliphatic heterocycles. The SMILES string of the molecule is C[C@H](CCCC(C)(C)O)[C@H]1CC[C@H]2[C@@H]3[C@@H](O)C=C4C[C@@H](OP(=O)(OCCC#N)OC[C@H]5O[C@@H](n6ccc(=O)[nH]c6=O)C[C@@H]5O)CC[C@]4(C)[C@H]3CC[C@]12C. The number of H-pyrrole nitrogens is 1. The zero-order valence-electron chi connectivity index (χ0n) is 31.9. The van der Waals surface area contributed by atoms with Gasteiger partial charge in [-0.15, -0.1) is 0 Å². The maximum Gasteiger partial charge on any atom is 0.475 e. The molecule has 1 unspecified atom stereocenters. The van der Waals surface area contributed by atoms with Crippen LogP contribution in [-0.4, -0.2) is 68.1 Å². The van der Waals surface area contributed by atoms with Gasteiger partial charge in [0.15, 0.2) is 0 Å². The van der Waals surface area contributed by atoms with Gasteiger partial charge in [0.25, 0.3) is 5.56 Å². The van der Waals surface area contributed by atoms with Crippen molar-refractivity contribution in [1.82, 2.24) is 9.55 Å². The highest BCUT2D eigenvalue weighted by molar-refractivity contribution is 7.48. The fourth-order valence-electron chi connectivity index (χ4n) is 11.1. The highest BCUT2D eigenvalue weighted by atomic mass is 31.2. The van der Waals surface area contributed by atoms with Gasteiger partial charge in [-0.25, -0.2) is 9.36 Å². The minimum Gasteiger partial charge on any atom is -0.390 e. The third kappa shape index (κ3) is 8.51. The fourth-order valence-corrected chi connectivity index (χ4v) is 12.5. The summed E-state index contributed by atoms with van der Waals surface area (Å²) in [6, 6.07) is 3.15. The summed E-state index contributed by atoms with van der Waals surface area (Å²) in [6.07, 6.45) is 8.69. The van der Waals surface area contributed by atoms with Crippen molar-refractivity contribution in [1.29, 1.82) is 5.26 Å². The number of nitrogens with zero attached hydrogens (tertiary/aromatic N) is 2. The number of aliphatic hydroxyl groups is 3. The van der Waals surface area contributed by atoms with Crippen LogP contribution < -0.4 is 11.2 Å². The van der Waals surface area contributed by atoms with E-state index in [1.165, 1.54) is 23.3 Å². The zero-order valence-corrected chi connectivity index (χ0v) is 32.8. The second-order valence-electron chi connectivity index (χ2n) is 17.7. The lowest BCUT2D eigenvalue weighted by Gasteiger charge is -2.59. The largest absolute Gasteiger partial charge is 0.475 e. The van der Waals surface area contributed by atoms with Crippen molar-refractivity contribution in [2.24, 2.45) is 40.4 Å². The van der Waals surface area contributed by atoms with Crippen LogP contribution in [0.3, 0.4) is 0 Å². The molecule has 4 aliphatic carbocycles. The summed E-state index contributed by atoms with van der Waals surface area (Å²) in [5, 5.41) is 41.9. The van der Waals surface area contributed by atoms with Crippen molar-refractivity contribution in [2.45, 2.75) is 148 Å². The molecule has 1 saturated heterocycles. The Morgan fingerprint density at radius 2 is 1.92 bits per heavy atom. The van der Waals surface area contributed by atoms with Crippen molar-refractivity contribution >= 4 is 7.82 Å². The van der Waals surface area contributed by atoms with Gasteiger partial charge in [0, 0.05) is 18.7 Å². The monoisotopic (exact) mass is 761 g/mol. The van der Waals surface area contributed by atoms with Gasteiger partial charge in [0.1, 0.15) is 12.3 Å². The van der Waals surface area contributed by atoms with E-state index in [1.807, 2.05) is 26.0 Å². The van der Waals surface area contributed by atoms with Crippen molar-refractivity contribution < 1.29 is 38.2 Å². The molecule has 0 amide bonds. The first-order valence-electron chi connectivity index (χ1n) is 19.7. The maximum absolute atomic E-state index is 14.1. The minimum atomic E-state index is -4.24. The highest BCUT2D eigenvalue weighted by Crippen LogP contribution is 2.68. The third-order valence-electron chi connectivity index (χ3n) is 13.8. The van der Waals surface area contributed by atoms with Crippen LogP contribution in [0.15, 0.2) is 33.5 Å². The van der Waals surface area contributed by atoms with Gasteiger partial charge in [-0.2, -0.15) is 5.26 Å². The molecule has 1 aromatic heterocycles. The topological polar surface area (TPSA) is 193 Å². The van der Waals surface area contributed by atoms with Crippen LogP contribution in [-0.2, 0) is 22.9 Å². The molecule has 0 spiro atoms. The Bertz CT molecular complexity index is 1700. The van der Waals surface area contributed by atoms with Gasteiger partial charge in [0.05, 0.1) is 49.6 Å². The molecule has 53 heavy (non-hydrogen) atoms. The summed E-state index contributed by atoms with van der Waals surface area (Å²) in [6.45, 7) is 10.4. The van der Waals surface area contributed by atoms with Crippen molar-refractivity contribution in [3.05, 3.63) is 44.8 Å². The molecule has 0 aromatic carbocycles. The number of aromatic nitrogens is 2. The van der Waals surface area contributed by atoms with Crippen molar-refractivity contribution in [3.8, 4) is 6.07 Å². The number of ether oxygens (including phenoxy) is 1. The quantitative estimate of drug-likeness (QED) is 0.102. The number of phosphoric ester groups is 1. The van der Waals surface area contributed by atoms with E-state index in [-0.39, 0.29) is 42.8 Å². The van der Waals surface area contributed by atoms with E-state index in [0.29, 0.717) is 36.5 Å². The fraction of sp³-hybridized carbons (Fsp3) is 0.821. The summed E-state index contributed by atoms with van der Waals surface area (Å²) in [5.41, 5.74) is -0.696. The number of rotatable bonds is 14. The van der Waals surface area contributed by atoms with Crippen LogP contribution in [0, 0.1) is 51.8 Å². The second kappa shape index (κ2) is 15.8. The molecular weight excluding hydrogens is 701 g/mol. The lowest BCUT2D eigenvalue weighted by Crippen LogP contribution is -2.55. The van der Waals surface area contributed by atoms with E-state index in [0.717, 1.165) is 50.5 Å². The van der Waals surface area contributed by atoms with Gasteiger partial charge in [-0.3, -0.25) is 27.9 Å². The number of fused-ring (bicyclic) bond motifs is 5. The Morgan fingerprint density at radius 3 is 2.64 bits per heavy atom. The number of aromatic amines is 1. The van der Waals surface area contributed by atoms with E-state index < -0.39 is 55.3 Å². The second-order valence-corrected chi connectivity index (χ2v) is 19.3. The molecule has 14 heteroatoms. The van der Waals surface area contributed by atoms with E-state index in [9.17, 15) is 29.5 Å². The molecular formula is C39H60N3O10P. The van der Waals surface area contributed by atoms with Crippen LogP contribution >= 0.6 is 7.82 Å². The number of nitrogens with one attached hydrogen (secondary N) is 1. The van der Waals surface area contributed by atoms with Crippen LogP contribution in [0.2, 0.25) is 0 Å². The van der Waals surface area contributed by atoms with Crippen molar-refractivity contribution in [2.75, 3.05) is 13.2 Å². The van der Waals surface area contributed by atoms with E-state index >= 15 is 0 Å². The Kier molecular flexibility index (Phi) is 12.1. The van der Waals surface area contributed by atoms with E-state index in [4.69, 9.17) is 23.6 Å². The molecule has 2 heterocycles. The lowest BCUT2D eigenvalue weighted by molar-refractivity contribution is -0.0976. The molecule has 13 nitrogen and oxygen atoms in total. The van der Waals surface area contributed by atoms with Crippen LogP contribution in [0.25, 0.3) is 0 Å². The molecule has 1 aromatic rings. The Balaban J connectivity index is 1.11. The Hall–Kier alpha value is -2.14. The third-order valence-corrected chi connectivity index (χ3v) is 15.3. The van der Waals surface area contributed by atoms with Gasteiger partial charge in [-0.05, 0) is 106 Å². The van der Waals surface area contributed by atoms with Crippen molar-refractivity contribution in [3.63, 3.8) is 0 Å². The number of aliphatic hydroxyl groups excluding tert-OH is 2. The number of hydrogen-bond donors (Lipinski definition) is 4. The standard InChI is InChI=1S/C39H60N3O10P/c1-24(8-6-14-37(2,3)47)27-9-10-28-35-29(12-16-39(27,28)5)38(4)15-11-26(20-25(38)21-31(35)44)52-53(48,49-19-7-17-40)50-23-32-30(43)22-34(51-32)42-18-13-33(45)41-36(42)46/h13,18,21,24,26-32,34-35,43-44,47H,6-12,14-16,19-20,22-23H2,1-5H3,(H,41,45,46)/t24-,26+,27-,28+,29+,30+,31+,32-,34-,35+,38+,39-,53?/m1/s1. The summed E-state index contributed by atoms with van der Waals surface area (Å²) in [5.74, 6) is 2.13. The average Bonchev–Trinajstić information content (AvgIpc) is 3.63.